The largest absolute Gasteiger partial charge is 0.508 e. The lowest BCUT2D eigenvalue weighted by Crippen LogP contribution is -2.15. The Hall–Kier alpha value is -1.46. The van der Waals surface area contributed by atoms with Crippen LogP contribution >= 0.6 is 15.9 Å². The maximum atomic E-state index is 13.7. The third-order valence-electron chi connectivity index (χ3n) is 2.71. The average molecular weight is 328 g/mol. The van der Waals surface area contributed by atoms with Gasteiger partial charge < -0.3 is 10.4 Å². The molecule has 100 valence electrons. The van der Waals surface area contributed by atoms with E-state index < -0.39 is 11.6 Å². The van der Waals surface area contributed by atoms with Gasteiger partial charge >= 0.3 is 0 Å². The van der Waals surface area contributed by atoms with E-state index in [1.165, 1.54) is 12.1 Å². The van der Waals surface area contributed by atoms with E-state index in [-0.39, 0.29) is 22.3 Å². The fraction of sp³-hybridized carbons (Fsp3) is 0.143. The molecule has 2 N–H and O–H groups in total. The monoisotopic (exact) mass is 327 g/mol. The van der Waals surface area contributed by atoms with Crippen LogP contribution < -0.4 is 5.32 Å². The summed E-state index contributed by atoms with van der Waals surface area (Å²) in [7, 11) is 0. The van der Waals surface area contributed by atoms with Crippen molar-refractivity contribution in [3.05, 3.63) is 63.6 Å². The van der Waals surface area contributed by atoms with Crippen molar-refractivity contribution >= 4 is 15.9 Å². The summed E-state index contributed by atoms with van der Waals surface area (Å²) in [6.07, 6.45) is 0. The van der Waals surface area contributed by atoms with Gasteiger partial charge in [0.1, 0.15) is 17.4 Å². The zero-order valence-corrected chi connectivity index (χ0v) is 11.5. The Morgan fingerprint density at radius 3 is 2.37 bits per heavy atom. The maximum Gasteiger partial charge on any atom is 0.144 e. The number of halogens is 3. The summed E-state index contributed by atoms with van der Waals surface area (Å²) < 4.78 is 27.4. The number of phenols is 1. The van der Waals surface area contributed by atoms with E-state index in [0.717, 1.165) is 5.56 Å². The van der Waals surface area contributed by atoms with Crippen LogP contribution in [0.5, 0.6) is 5.75 Å². The predicted molar refractivity (Wildman–Crippen MR) is 72.7 cm³/mol. The molecule has 0 saturated carbocycles. The average Bonchev–Trinajstić information content (AvgIpc) is 2.40. The van der Waals surface area contributed by atoms with Crippen molar-refractivity contribution in [1.82, 2.24) is 5.32 Å². The standard InChI is InChI=1S/C14H12BrF2NO/c15-12-5-6-13(16)11(14(12)17)8-18-7-9-1-3-10(19)4-2-9/h1-6,18-19H,7-8H2. The van der Waals surface area contributed by atoms with Gasteiger partial charge in [0.2, 0.25) is 0 Å². The van der Waals surface area contributed by atoms with Gasteiger partial charge in [0, 0.05) is 18.7 Å². The minimum absolute atomic E-state index is 0.00755. The molecule has 0 aliphatic rings. The van der Waals surface area contributed by atoms with Gasteiger partial charge in [0.15, 0.2) is 0 Å². The van der Waals surface area contributed by atoms with Crippen LogP contribution in [-0.4, -0.2) is 5.11 Å². The van der Waals surface area contributed by atoms with Gasteiger partial charge in [0.25, 0.3) is 0 Å². The number of aromatic hydroxyl groups is 1. The van der Waals surface area contributed by atoms with Gasteiger partial charge in [-0.1, -0.05) is 12.1 Å². The molecule has 2 nitrogen and oxygen atoms in total. The SMILES string of the molecule is Oc1ccc(CNCc2c(F)ccc(Br)c2F)cc1. The van der Waals surface area contributed by atoms with E-state index in [9.17, 15) is 8.78 Å². The quantitative estimate of drug-likeness (QED) is 0.839. The third kappa shape index (κ3) is 3.52. The Bertz CT molecular complexity index is 572. The fourth-order valence-electron chi connectivity index (χ4n) is 1.68. The summed E-state index contributed by atoms with van der Waals surface area (Å²) in [5.41, 5.74) is 0.932. The maximum absolute atomic E-state index is 13.7. The minimum atomic E-state index is -0.585. The third-order valence-corrected chi connectivity index (χ3v) is 3.32. The molecule has 0 spiro atoms. The molecule has 0 saturated heterocycles. The molecule has 0 fully saturated rings. The second-order valence-corrected chi connectivity index (χ2v) is 4.95. The van der Waals surface area contributed by atoms with Crippen LogP contribution in [0.15, 0.2) is 40.9 Å². The van der Waals surface area contributed by atoms with Crippen molar-refractivity contribution in [2.45, 2.75) is 13.1 Å². The van der Waals surface area contributed by atoms with Crippen molar-refractivity contribution in [2.75, 3.05) is 0 Å². The second-order valence-electron chi connectivity index (χ2n) is 4.09. The van der Waals surface area contributed by atoms with Gasteiger partial charge in [-0.25, -0.2) is 8.78 Å². The highest BCUT2D eigenvalue weighted by Gasteiger charge is 2.11. The molecule has 0 aliphatic heterocycles. The van der Waals surface area contributed by atoms with E-state index in [1.807, 2.05) is 0 Å². The molecule has 2 aromatic rings. The molecule has 0 aromatic heterocycles. The first-order chi connectivity index (χ1) is 9.08. The summed E-state index contributed by atoms with van der Waals surface area (Å²) in [4.78, 5) is 0. The normalized spacial score (nSPS) is 10.7. The van der Waals surface area contributed by atoms with Crippen LogP contribution in [0, 0.1) is 11.6 Å². The zero-order valence-electron chi connectivity index (χ0n) is 9.96. The fourth-order valence-corrected chi connectivity index (χ4v) is 2.05. The van der Waals surface area contributed by atoms with Crippen molar-refractivity contribution < 1.29 is 13.9 Å². The minimum Gasteiger partial charge on any atom is -0.508 e. The van der Waals surface area contributed by atoms with Crippen molar-refractivity contribution in [2.24, 2.45) is 0 Å². The van der Waals surface area contributed by atoms with Crippen molar-refractivity contribution in [3.63, 3.8) is 0 Å². The van der Waals surface area contributed by atoms with E-state index in [1.54, 1.807) is 24.3 Å². The summed E-state index contributed by atoms with van der Waals surface area (Å²) >= 11 is 3.03. The second kappa shape index (κ2) is 6.12. The number of rotatable bonds is 4. The Labute approximate surface area is 118 Å². The Morgan fingerprint density at radius 1 is 1.00 bits per heavy atom. The first-order valence-electron chi connectivity index (χ1n) is 5.69. The lowest BCUT2D eigenvalue weighted by Gasteiger charge is -2.08. The molecule has 0 atom stereocenters. The topological polar surface area (TPSA) is 32.3 Å². The van der Waals surface area contributed by atoms with Crippen molar-refractivity contribution in [1.29, 1.82) is 0 Å². The lowest BCUT2D eigenvalue weighted by molar-refractivity contribution is 0.475. The summed E-state index contributed by atoms with van der Waals surface area (Å²) in [5, 5.41) is 12.1. The molecule has 0 bridgehead atoms. The van der Waals surface area contributed by atoms with E-state index in [4.69, 9.17) is 5.11 Å². The Morgan fingerprint density at radius 2 is 1.68 bits per heavy atom. The Balaban J connectivity index is 2.00. The number of hydrogen-bond acceptors (Lipinski definition) is 2. The molecule has 0 amide bonds. The van der Waals surface area contributed by atoms with Crippen LogP contribution in [0.3, 0.4) is 0 Å². The van der Waals surface area contributed by atoms with E-state index in [0.29, 0.717) is 6.54 Å². The molecule has 19 heavy (non-hydrogen) atoms. The molecule has 0 heterocycles. The van der Waals surface area contributed by atoms with Gasteiger partial charge in [-0.15, -0.1) is 0 Å². The summed E-state index contributed by atoms with van der Waals surface area (Å²) in [6, 6.07) is 9.19. The first kappa shape index (κ1) is 14.0. The molecule has 5 heteroatoms. The molecule has 2 rings (SSSR count). The highest BCUT2D eigenvalue weighted by molar-refractivity contribution is 9.10. The highest BCUT2D eigenvalue weighted by atomic mass is 79.9. The Kier molecular flexibility index (Phi) is 4.50. The molecule has 0 radical (unpaired) electrons. The number of phenolic OH excluding ortho intramolecular Hbond substituents is 1. The first-order valence-corrected chi connectivity index (χ1v) is 6.48. The molecule has 0 aliphatic carbocycles. The molecule has 0 unspecified atom stereocenters. The summed E-state index contributed by atoms with van der Waals surface area (Å²) in [6.45, 7) is 0.559. The zero-order chi connectivity index (χ0) is 13.8. The van der Waals surface area contributed by atoms with Gasteiger partial charge in [0.05, 0.1) is 4.47 Å². The van der Waals surface area contributed by atoms with Gasteiger partial charge in [-0.05, 0) is 45.8 Å². The lowest BCUT2D eigenvalue weighted by atomic mass is 10.2. The van der Waals surface area contributed by atoms with Crippen LogP contribution in [0.25, 0.3) is 0 Å². The number of nitrogens with one attached hydrogen (secondary N) is 1. The van der Waals surface area contributed by atoms with Crippen molar-refractivity contribution in [3.8, 4) is 5.75 Å². The van der Waals surface area contributed by atoms with Crippen LogP contribution in [-0.2, 0) is 13.1 Å². The van der Waals surface area contributed by atoms with Crippen LogP contribution in [0.4, 0.5) is 8.78 Å². The predicted octanol–water partition coefficient (Wildman–Crippen LogP) is 3.72. The molecule has 2 aromatic carbocycles. The number of hydrogen-bond donors (Lipinski definition) is 2. The smallest absolute Gasteiger partial charge is 0.144 e. The van der Waals surface area contributed by atoms with Crippen LogP contribution in [0.2, 0.25) is 0 Å². The number of benzene rings is 2. The highest BCUT2D eigenvalue weighted by Crippen LogP contribution is 2.21. The molecular weight excluding hydrogens is 316 g/mol. The van der Waals surface area contributed by atoms with Crippen LogP contribution in [0.1, 0.15) is 11.1 Å². The van der Waals surface area contributed by atoms with Gasteiger partial charge in [-0.3, -0.25) is 0 Å². The van der Waals surface area contributed by atoms with Gasteiger partial charge in [-0.2, -0.15) is 0 Å². The molecular formula is C14H12BrF2NO. The summed E-state index contributed by atoms with van der Waals surface area (Å²) in [5.74, 6) is -0.968. The van der Waals surface area contributed by atoms with E-state index >= 15 is 0 Å². The van der Waals surface area contributed by atoms with E-state index in [2.05, 4.69) is 21.2 Å².